The third-order valence-electron chi connectivity index (χ3n) is 1.74. The fourth-order valence-electron chi connectivity index (χ4n) is 1.14. The Balaban J connectivity index is 3.10. The highest BCUT2D eigenvalue weighted by molar-refractivity contribution is 5.57. The molecule has 0 bridgehead atoms. The van der Waals surface area contributed by atoms with Crippen LogP contribution in [0.4, 0.5) is 0 Å². The second-order valence-corrected chi connectivity index (χ2v) is 2.75. The van der Waals surface area contributed by atoms with Gasteiger partial charge in [0.25, 0.3) is 0 Å². The minimum Gasteiger partial charge on any atom is -0.496 e. The Morgan fingerprint density at radius 1 is 1.33 bits per heavy atom. The third kappa shape index (κ3) is 1.88. The van der Waals surface area contributed by atoms with Crippen LogP contribution in [0.2, 0.25) is 0 Å². The van der Waals surface area contributed by atoms with Gasteiger partial charge in [-0.05, 0) is 25.5 Å². The summed E-state index contributed by atoms with van der Waals surface area (Å²) in [6, 6.07) is 6.18. The minimum absolute atomic E-state index is 0.938. The van der Waals surface area contributed by atoms with E-state index in [1.807, 2.05) is 25.1 Å². The lowest BCUT2D eigenvalue weighted by Gasteiger charge is -2.04. The van der Waals surface area contributed by atoms with Gasteiger partial charge in [-0.3, -0.25) is 0 Å². The predicted octanol–water partition coefficient (Wildman–Crippen LogP) is 3.04. The van der Waals surface area contributed by atoms with Gasteiger partial charge in [0.15, 0.2) is 0 Å². The molecule has 0 aliphatic carbocycles. The fraction of sp³-hybridized carbons (Fsp3) is 0.273. The van der Waals surface area contributed by atoms with Crippen molar-refractivity contribution in [3.05, 3.63) is 35.4 Å². The van der Waals surface area contributed by atoms with Crippen LogP contribution in [0, 0.1) is 6.92 Å². The molecule has 0 spiro atoms. The minimum atomic E-state index is 0.938. The molecule has 1 heteroatoms. The van der Waals surface area contributed by atoms with Crippen LogP contribution in [0.1, 0.15) is 18.1 Å². The molecule has 0 aliphatic heterocycles. The summed E-state index contributed by atoms with van der Waals surface area (Å²) >= 11 is 0. The molecule has 0 saturated heterocycles. The Bertz CT molecular complexity index is 287. The molecule has 0 heterocycles. The van der Waals surface area contributed by atoms with Gasteiger partial charge in [-0.25, -0.2) is 0 Å². The van der Waals surface area contributed by atoms with E-state index in [1.165, 1.54) is 5.56 Å². The van der Waals surface area contributed by atoms with Crippen molar-refractivity contribution >= 4 is 6.08 Å². The molecule has 1 aromatic carbocycles. The number of hydrogen-bond donors (Lipinski definition) is 0. The van der Waals surface area contributed by atoms with E-state index in [0.29, 0.717) is 0 Å². The molecule has 0 aromatic heterocycles. The molecule has 0 amide bonds. The van der Waals surface area contributed by atoms with Crippen molar-refractivity contribution in [3.8, 4) is 5.75 Å². The van der Waals surface area contributed by atoms with Crippen molar-refractivity contribution in [1.29, 1.82) is 0 Å². The van der Waals surface area contributed by atoms with Crippen LogP contribution in [0.5, 0.6) is 5.75 Å². The van der Waals surface area contributed by atoms with Gasteiger partial charge in [0.1, 0.15) is 5.75 Å². The summed E-state index contributed by atoms with van der Waals surface area (Å²) in [6.45, 7) is 4.06. The van der Waals surface area contributed by atoms with Gasteiger partial charge in [0, 0.05) is 5.56 Å². The molecule has 0 radical (unpaired) electrons. The number of hydrogen-bond acceptors (Lipinski definition) is 1. The molecule has 0 aliphatic rings. The Kier molecular flexibility index (Phi) is 2.92. The molecule has 0 N–H and O–H groups in total. The molecule has 1 aromatic rings. The van der Waals surface area contributed by atoms with Crippen LogP contribution < -0.4 is 4.74 Å². The van der Waals surface area contributed by atoms with Gasteiger partial charge >= 0.3 is 0 Å². The number of allylic oxidation sites excluding steroid dienone is 1. The molecule has 0 atom stereocenters. The maximum Gasteiger partial charge on any atom is 0.126 e. The van der Waals surface area contributed by atoms with Crippen LogP contribution in [0.25, 0.3) is 6.08 Å². The summed E-state index contributed by atoms with van der Waals surface area (Å²) in [5, 5.41) is 0. The smallest absolute Gasteiger partial charge is 0.126 e. The second kappa shape index (κ2) is 3.96. The van der Waals surface area contributed by atoms with Crippen LogP contribution in [-0.4, -0.2) is 7.11 Å². The predicted molar refractivity (Wildman–Crippen MR) is 52.4 cm³/mol. The molecule has 1 rings (SSSR count). The summed E-state index contributed by atoms with van der Waals surface area (Å²) in [4.78, 5) is 0. The molecule has 1 nitrogen and oxygen atoms in total. The molecule has 0 fully saturated rings. The average molecular weight is 162 g/mol. The fourth-order valence-corrected chi connectivity index (χ4v) is 1.14. The summed E-state index contributed by atoms with van der Waals surface area (Å²) in [7, 11) is 1.70. The van der Waals surface area contributed by atoms with E-state index >= 15 is 0 Å². The second-order valence-electron chi connectivity index (χ2n) is 2.75. The summed E-state index contributed by atoms with van der Waals surface area (Å²) in [5.74, 6) is 0.938. The van der Waals surface area contributed by atoms with Crippen molar-refractivity contribution in [2.24, 2.45) is 0 Å². The molecular weight excluding hydrogens is 148 g/mol. The van der Waals surface area contributed by atoms with Crippen molar-refractivity contribution in [2.45, 2.75) is 13.8 Å². The first kappa shape index (κ1) is 8.85. The van der Waals surface area contributed by atoms with Gasteiger partial charge in [-0.2, -0.15) is 0 Å². The third-order valence-corrected chi connectivity index (χ3v) is 1.74. The Morgan fingerprint density at radius 2 is 2.08 bits per heavy atom. The highest BCUT2D eigenvalue weighted by Gasteiger charge is 1.97. The Morgan fingerprint density at radius 3 is 2.67 bits per heavy atom. The van der Waals surface area contributed by atoms with Crippen LogP contribution in [0.15, 0.2) is 24.3 Å². The van der Waals surface area contributed by atoms with Crippen LogP contribution in [-0.2, 0) is 0 Å². The number of aryl methyl sites for hydroxylation is 1. The van der Waals surface area contributed by atoms with E-state index in [4.69, 9.17) is 4.74 Å². The Labute approximate surface area is 73.7 Å². The quantitative estimate of drug-likeness (QED) is 0.649. The first-order valence-corrected chi connectivity index (χ1v) is 4.05. The molecular formula is C11H14O. The number of ether oxygens (including phenoxy) is 1. The number of methoxy groups -OCH3 is 1. The SMILES string of the molecule is C/C=C/c1ccc(C)cc1OC. The van der Waals surface area contributed by atoms with E-state index < -0.39 is 0 Å². The summed E-state index contributed by atoms with van der Waals surface area (Å²) < 4.78 is 5.23. The topological polar surface area (TPSA) is 9.23 Å². The lowest BCUT2D eigenvalue weighted by molar-refractivity contribution is 0.413. The lowest BCUT2D eigenvalue weighted by atomic mass is 10.1. The van der Waals surface area contributed by atoms with Gasteiger partial charge in [0.05, 0.1) is 7.11 Å². The maximum absolute atomic E-state index is 5.23. The van der Waals surface area contributed by atoms with Gasteiger partial charge in [0.2, 0.25) is 0 Å². The normalized spacial score (nSPS) is 10.6. The molecule has 0 unspecified atom stereocenters. The van der Waals surface area contributed by atoms with E-state index in [0.717, 1.165) is 11.3 Å². The van der Waals surface area contributed by atoms with Gasteiger partial charge in [-0.1, -0.05) is 24.3 Å². The molecule has 12 heavy (non-hydrogen) atoms. The van der Waals surface area contributed by atoms with Crippen molar-refractivity contribution in [2.75, 3.05) is 7.11 Å². The maximum atomic E-state index is 5.23. The van der Waals surface area contributed by atoms with E-state index in [9.17, 15) is 0 Å². The van der Waals surface area contributed by atoms with Crippen molar-refractivity contribution in [1.82, 2.24) is 0 Å². The van der Waals surface area contributed by atoms with E-state index in [1.54, 1.807) is 7.11 Å². The van der Waals surface area contributed by atoms with Crippen LogP contribution in [0.3, 0.4) is 0 Å². The largest absolute Gasteiger partial charge is 0.496 e. The van der Waals surface area contributed by atoms with Crippen LogP contribution >= 0.6 is 0 Å². The van der Waals surface area contributed by atoms with Crippen molar-refractivity contribution in [3.63, 3.8) is 0 Å². The Hall–Kier alpha value is -1.24. The van der Waals surface area contributed by atoms with E-state index in [2.05, 4.69) is 19.1 Å². The number of rotatable bonds is 2. The molecule has 0 saturated carbocycles. The van der Waals surface area contributed by atoms with Gasteiger partial charge < -0.3 is 4.74 Å². The summed E-state index contributed by atoms with van der Waals surface area (Å²) in [6.07, 6.45) is 4.05. The summed E-state index contributed by atoms with van der Waals surface area (Å²) in [5.41, 5.74) is 2.35. The zero-order chi connectivity index (χ0) is 8.97. The number of benzene rings is 1. The average Bonchev–Trinajstić information content (AvgIpc) is 2.08. The molecule has 64 valence electrons. The highest BCUT2D eigenvalue weighted by Crippen LogP contribution is 2.20. The first-order valence-electron chi connectivity index (χ1n) is 4.05. The first-order chi connectivity index (χ1) is 5.77. The lowest BCUT2D eigenvalue weighted by Crippen LogP contribution is -1.87. The standard InChI is InChI=1S/C11H14O/c1-4-5-10-7-6-9(2)8-11(10)12-3/h4-8H,1-3H3/b5-4+. The monoisotopic (exact) mass is 162 g/mol. The van der Waals surface area contributed by atoms with Gasteiger partial charge in [-0.15, -0.1) is 0 Å². The highest BCUT2D eigenvalue weighted by atomic mass is 16.5. The zero-order valence-corrected chi connectivity index (χ0v) is 7.79. The van der Waals surface area contributed by atoms with E-state index in [-0.39, 0.29) is 0 Å². The zero-order valence-electron chi connectivity index (χ0n) is 7.79. The van der Waals surface area contributed by atoms with Crippen molar-refractivity contribution < 1.29 is 4.74 Å².